The molecule has 0 saturated heterocycles. The van der Waals surface area contributed by atoms with Crippen molar-refractivity contribution in [2.45, 2.75) is 6.92 Å². The van der Waals surface area contributed by atoms with Crippen molar-refractivity contribution >= 4 is 28.9 Å². The van der Waals surface area contributed by atoms with Crippen molar-refractivity contribution in [3.63, 3.8) is 0 Å². The molecular weight excluding hydrogens is 256 g/mol. The van der Waals surface area contributed by atoms with Crippen molar-refractivity contribution in [1.29, 1.82) is 0 Å². The van der Waals surface area contributed by atoms with Gasteiger partial charge in [0, 0.05) is 17.2 Å². The summed E-state index contributed by atoms with van der Waals surface area (Å²) in [5, 5.41) is 3.54. The van der Waals surface area contributed by atoms with Crippen LogP contribution >= 0.6 is 11.6 Å². The van der Waals surface area contributed by atoms with Crippen LogP contribution in [-0.2, 0) is 9.53 Å². The molecule has 1 aromatic rings. The summed E-state index contributed by atoms with van der Waals surface area (Å²) in [4.78, 5) is 11.3. The number of hydrogen-bond donors (Lipinski definition) is 2. The van der Waals surface area contributed by atoms with E-state index in [0.717, 1.165) is 0 Å². The van der Waals surface area contributed by atoms with Crippen molar-refractivity contribution in [1.82, 2.24) is 0 Å². The third-order valence-corrected chi connectivity index (χ3v) is 2.56. The number of benzene rings is 1. The molecule has 0 aliphatic carbocycles. The van der Waals surface area contributed by atoms with Crippen LogP contribution in [-0.4, -0.2) is 19.2 Å². The largest absolute Gasteiger partial charge is 0.485 e. The molecule has 6 heteroatoms. The van der Waals surface area contributed by atoms with Crippen molar-refractivity contribution in [2.75, 3.05) is 24.3 Å². The number of nitrogen functional groups attached to an aromatic ring is 1. The number of esters is 1. The molecule has 1 heterocycles. The van der Waals surface area contributed by atoms with Gasteiger partial charge in [-0.3, -0.25) is 0 Å². The summed E-state index contributed by atoms with van der Waals surface area (Å²) in [6.45, 7) is 2.32. The number of halogens is 1. The minimum absolute atomic E-state index is 0.242. The Kier molecular flexibility index (Phi) is 3.62. The van der Waals surface area contributed by atoms with Crippen molar-refractivity contribution < 1.29 is 14.3 Å². The van der Waals surface area contributed by atoms with Gasteiger partial charge in [0.2, 0.25) is 0 Å². The highest BCUT2D eigenvalue weighted by atomic mass is 35.5. The number of rotatable bonds is 2. The second-order valence-electron chi connectivity index (χ2n) is 3.70. The lowest BCUT2D eigenvalue weighted by Gasteiger charge is -2.23. The maximum absolute atomic E-state index is 11.3. The van der Waals surface area contributed by atoms with Gasteiger partial charge in [-0.1, -0.05) is 11.6 Å². The molecule has 0 unspecified atom stereocenters. The standard InChI is InChI=1S/C12H13ClN2O3/c1-2-17-11(16)5-8-6-18-10-4-7(13)3-9(14)12(10)15-8/h3-5,15H,2,6,14H2,1H3. The molecule has 0 amide bonds. The average Bonchev–Trinajstić information content (AvgIpc) is 2.30. The smallest absolute Gasteiger partial charge is 0.332 e. The third kappa shape index (κ3) is 2.68. The van der Waals surface area contributed by atoms with Crippen molar-refractivity contribution in [3.8, 4) is 5.75 Å². The van der Waals surface area contributed by atoms with Crippen LogP contribution in [0.15, 0.2) is 23.9 Å². The summed E-state index contributed by atoms with van der Waals surface area (Å²) in [5.74, 6) is 0.153. The first-order valence-corrected chi connectivity index (χ1v) is 5.84. The van der Waals surface area contributed by atoms with Gasteiger partial charge in [-0.05, 0) is 13.0 Å². The number of nitrogens with one attached hydrogen (secondary N) is 1. The van der Waals surface area contributed by atoms with E-state index in [1.54, 1.807) is 19.1 Å². The zero-order valence-electron chi connectivity index (χ0n) is 9.83. The molecule has 18 heavy (non-hydrogen) atoms. The summed E-state index contributed by atoms with van der Waals surface area (Å²) in [6, 6.07) is 3.28. The predicted molar refractivity (Wildman–Crippen MR) is 69.7 cm³/mol. The monoisotopic (exact) mass is 268 g/mol. The number of nitrogens with two attached hydrogens (primary N) is 1. The molecule has 0 fully saturated rings. The molecule has 5 nitrogen and oxygen atoms in total. The van der Waals surface area contributed by atoms with E-state index in [9.17, 15) is 4.79 Å². The first kappa shape index (κ1) is 12.6. The van der Waals surface area contributed by atoms with Gasteiger partial charge in [0.05, 0.1) is 18.0 Å². The van der Waals surface area contributed by atoms with Gasteiger partial charge in [0.15, 0.2) is 0 Å². The Hall–Kier alpha value is -1.88. The molecule has 1 aliphatic rings. The number of anilines is 2. The van der Waals surface area contributed by atoms with Crippen LogP contribution in [0.3, 0.4) is 0 Å². The van der Waals surface area contributed by atoms with Gasteiger partial charge in [0.1, 0.15) is 18.0 Å². The number of fused-ring (bicyclic) bond motifs is 1. The van der Waals surface area contributed by atoms with Gasteiger partial charge >= 0.3 is 5.97 Å². The van der Waals surface area contributed by atoms with E-state index in [1.807, 2.05) is 0 Å². The quantitative estimate of drug-likeness (QED) is 0.489. The normalized spacial score (nSPS) is 15.6. The highest BCUT2D eigenvalue weighted by molar-refractivity contribution is 6.31. The van der Waals surface area contributed by atoms with E-state index in [0.29, 0.717) is 34.5 Å². The molecule has 0 atom stereocenters. The Balaban J connectivity index is 2.22. The van der Waals surface area contributed by atoms with Crippen molar-refractivity contribution in [2.24, 2.45) is 0 Å². The minimum atomic E-state index is -0.417. The van der Waals surface area contributed by atoms with E-state index in [1.165, 1.54) is 6.08 Å². The Bertz CT molecular complexity index is 514. The van der Waals surface area contributed by atoms with E-state index in [4.69, 9.17) is 26.8 Å². The van der Waals surface area contributed by atoms with Crippen LogP contribution in [0.2, 0.25) is 5.02 Å². The Labute approximate surface area is 110 Å². The predicted octanol–water partition coefficient (Wildman–Crippen LogP) is 2.17. The fourth-order valence-electron chi connectivity index (χ4n) is 1.61. The molecule has 96 valence electrons. The van der Waals surface area contributed by atoms with E-state index in [-0.39, 0.29) is 6.61 Å². The SMILES string of the molecule is CCOC(=O)C=C1COc2cc(Cl)cc(N)c2N1. The first-order chi connectivity index (χ1) is 8.60. The molecule has 1 aromatic carbocycles. The number of ether oxygens (including phenoxy) is 2. The molecule has 0 aromatic heterocycles. The maximum atomic E-state index is 11.3. The van der Waals surface area contributed by atoms with Gasteiger partial charge in [0.25, 0.3) is 0 Å². The molecule has 2 rings (SSSR count). The van der Waals surface area contributed by atoms with Crippen LogP contribution in [0.4, 0.5) is 11.4 Å². The van der Waals surface area contributed by atoms with Crippen LogP contribution in [0, 0.1) is 0 Å². The van der Waals surface area contributed by atoms with E-state index >= 15 is 0 Å². The summed E-state index contributed by atoms with van der Waals surface area (Å²) in [5.41, 5.74) is 7.49. The molecular formula is C12H13ClN2O3. The summed E-state index contributed by atoms with van der Waals surface area (Å²) >= 11 is 5.87. The summed E-state index contributed by atoms with van der Waals surface area (Å²) in [7, 11) is 0. The zero-order valence-corrected chi connectivity index (χ0v) is 10.6. The number of carbonyl (C=O) groups excluding carboxylic acids is 1. The fourth-order valence-corrected chi connectivity index (χ4v) is 1.82. The molecule has 0 bridgehead atoms. The summed E-state index contributed by atoms with van der Waals surface area (Å²) in [6.07, 6.45) is 1.35. The van der Waals surface area contributed by atoms with Gasteiger partial charge < -0.3 is 20.5 Å². The van der Waals surface area contributed by atoms with Gasteiger partial charge in [-0.25, -0.2) is 4.79 Å². The topological polar surface area (TPSA) is 73.6 Å². The Morgan fingerprint density at radius 2 is 2.44 bits per heavy atom. The van der Waals surface area contributed by atoms with Crippen LogP contribution < -0.4 is 15.8 Å². The van der Waals surface area contributed by atoms with Crippen LogP contribution in [0.25, 0.3) is 0 Å². The van der Waals surface area contributed by atoms with Gasteiger partial charge in [-0.15, -0.1) is 0 Å². The van der Waals surface area contributed by atoms with Crippen LogP contribution in [0.1, 0.15) is 6.92 Å². The second kappa shape index (κ2) is 5.18. The molecule has 0 spiro atoms. The van der Waals surface area contributed by atoms with Gasteiger partial charge in [-0.2, -0.15) is 0 Å². The third-order valence-electron chi connectivity index (χ3n) is 2.34. The highest BCUT2D eigenvalue weighted by Gasteiger charge is 2.17. The Morgan fingerprint density at radius 1 is 1.67 bits per heavy atom. The van der Waals surface area contributed by atoms with Crippen LogP contribution in [0.5, 0.6) is 5.75 Å². The van der Waals surface area contributed by atoms with E-state index in [2.05, 4.69) is 5.32 Å². The molecule has 0 saturated carbocycles. The molecule has 3 N–H and O–H groups in total. The minimum Gasteiger partial charge on any atom is -0.485 e. The summed E-state index contributed by atoms with van der Waals surface area (Å²) < 4.78 is 10.3. The Morgan fingerprint density at radius 3 is 3.17 bits per heavy atom. The van der Waals surface area contributed by atoms with Crippen molar-refractivity contribution in [3.05, 3.63) is 28.9 Å². The zero-order chi connectivity index (χ0) is 13.1. The lowest BCUT2D eigenvalue weighted by Crippen LogP contribution is -2.19. The lowest BCUT2D eigenvalue weighted by molar-refractivity contribution is -0.137. The average molecular weight is 269 g/mol. The maximum Gasteiger partial charge on any atom is 0.332 e. The molecule has 0 radical (unpaired) electrons. The second-order valence-corrected chi connectivity index (χ2v) is 4.14. The number of carbonyl (C=O) groups is 1. The first-order valence-electron chi connectivity index (χ1n) is 5.46. The van der Waals surface area contributed by atoms with E-state index < -0.39 is 5.97 Å². The lowest BCUT2D eigenvalue weighted by atomic mass is 10.2. The number of hydrogen-bond acceptors (Lipinski definition) is 5. The highest BCUT2D eigenvalue weighted by Crippen LogP contribution is 2.37. The molecule has 1 aliphatic heterocycles. The fraction of sp³-hybridized carbons (Fsp3) is 0.250.